The van der Waals surface area contributed by atoms with Crippen LogP contribution in [0.4, 0.5) is 0 Å². The Morgan fingerprint density at radius 3 is 2.40 bits per heavy atom. The number of ketones is 1. The zero-order valence-corrected chi connectivity index (χ0v) is 11.8. The maximum absolute atomic E-state index is 12.3. The summed E-state index contributed by atoms with van der Waals surface area (Å²) in [5.41, 5.74) is 6.57. The molecule has 1 unspecified atom stereocenters. The number of Topliss-reactive ketones (excluding diaryl/α,β-unsaturated/α-hetero) is 1. The van der Waals surface area contributed by atoms with E-state index < -0.39 is 11.9 Å². The minimum atomic E-state index is -1.02. The Balaban J connectivity index is 3.24. The number of nitrogens with two attached hydrogens (primary N) is 1. The molecular formula is C14H19NO5. The first-order valence-electron chi connectivity index (χ1n) is 6.16. The monoisotopic (exact) mass is 281 g/mol. The van der Waals surface area contributed by atoms with Crippen molar-refractivity contribution < 1.29 is 24.2 Å². The molecule has 0 aromatic heterocycles. The molecule has 0 saturated carbocycles. The molecule has 3 N–H and O–H groups in total. The van der Waals surface area contributed by atoms with E-state index in [2.05, 4.69) is 0 Å². The summed E-state index contributed by atoms with van der Waals surface area (Å²) in [4.78, 5) is 23.0. The maximum Gasteiger partial charge on any atom is 0.304 e. The molecule has 0 fully saturated rings. The second kappa shape index (κ2) is 6.91. The first-order chi connectivity index (χ1) is 9.46. The van der Waals surface area contributed by atoms with Gasteiger partial charge >= 0.3 is 5.97 Å². The van der Waals surface area contributed by atoms with Crippen molar-refractivity contribution in [1.82, 2.24) is 0 Å². The summed E-state index contributed by atoms with van der Waals surface area (Å²) in [5.74, 6) is -1.07. The fourth-order valence-electron chi connectivity index (χ4n) is 2.04. The molecular weight excluding hydrogens is 262 g/mol. The number of carboxylic acid groups (broad SMARTS) is 1. The average Bonchev–Trinajstić information content (AvgIpc) is 2.43. The van der Waals surface area contributed by atoms with Gasteiger partial charge in [0.1, 0.15) is 11.5 Å². The second-order valence-corrected chi connectivity index (χ2v) is 4.39. The Morgan fingerprint density at radius 2 is 1.95 bits per heavy atom. The molecule has 1 rings (SSSR count). The van der Waals surface area contributed by atoms with Crippen LogP contribution in [-0.4, -0.2) is 31.1 Å². The first-order valence-corrected chi connectivity index (χ1v) is 6.16. The first kappa shape index (κ1) is 16.0. The van der Waals surface area contributed by atoms with Crippen LogP contribution >= 0.6 is 0 Å². The van der Waals surface area contributed by atoms with Gasteiger partial charge in [-0.3, -0.25) is 9.59 Å². The van der Waals surface area contributed by atoms with Gasteiger partial charge < -0.3 is 20.3 Å². The van der Waals surface area contributed by atoms with E-state index in [1.165, 1.54) is 14.2 Å². The lowest BCUT2D eigenvalue weighted by Gasteiger charge is -2.17. The lowest BCUT2D eigenvalue weighted by molar-refractivity contribution is -0.137. The summed E-state index contributed by atoms with van der Waals surface area (Å²) in [6.07, 6.45) is -0.230. The largest absolute Gasteiger partial charge is 0.496 e. The number of methoxy groups -OCH3 is 2. The molecule has 0 radical (unpaired) electrons. The minimum Gasteiger partial charge on any atom is -0.496 e. The smallest absolute Gasteiger partial charge is 0.304 e. The van der Waals surface area contributed by atoms with Gasteiger partial charge in [-0.1, -0.05) is 6.92 Å². The van der Waals surface area contributed by atoms with E-state index in [0.29, 0.717) is 22.6 Å². The molecule has 0 heterocycles. The van der Waals surface area contributed by atoms with Gasteiger partial charge in [0.25, 0.3) is 0 Å². The van der Waals surface area contributed by atoms with Crippen molar-refractivity contribution >= 4 is 11.8 Å². The summed E-state index contributed by atoms with van der Waals surface area (Å²) in [7, 11) is 2.94. The number of benzene rings is 1. The van der Waals surface area contributed by atoms with E-state index in [-0.39, 0.29) is 18.7 Å². The van der Waals surface area contributed by atoms with Gasteiger partial charge in [-0.15, -0.1) is 0 Å². The highest BCUT2D eigenvalue weighted by Crippen LogP contribution is 2.33. The van der Waals surface area contributed by atoms with Crippen LogP contribution in [-0.2, 0) is 11.3 Å². The fourth-order valence-corrected chi connectivity index (χ4v) is 2.04. The minimum absolute atomic E-state index is 0.154. The molecule has 1 atom stereocenters. The summed E-state index contributed by atoms with van der Waals surface area (Å²) < 4.78 is 10.4. The van der Waals surface area contributed by atoms with Crippen molar-refractivity contribution in [3.8, 4) is 11.5 Å². The number of hydrogen-bond donors (Lipinski definition) is 2. The molecule has 0 saturated heterocycles. The van der Waals surface area contributed by atoms with E-state index in [9.17, 15) is 9.59 Å². The summed E-state index contributed by atoms with van der Waals surface area (Å²) in [6, 6.07) is 3.20. The number of carbonyl (C=O) groups excluding carboxylic acids is 1. The number of carbonyl (C=O) groups is 2. The molecule has 1 aromatic rings. The third kappa shape index (κ3) is 3.27. The summed E-state index contributed by atoms with van der Waals surface area (Å²) in [6.45, 7) is 1.73. The molecule has 0 spiro atoms. The van der Waals surface area contributed by atoms with Crippen molar-refractivity contribution in [3.63, 3.8) is 0 Å². The number of rotatable bonds is 7. The van der Waals surface area contributed by atoms with Gasteiger partial charge in [-0.05, 0) is 12.1 Å². The van der Waals surface area contributed by atoms with E-state index in [1.807, 2.05) is 0 Å². The highest BCUT2D eigenvalue weighted by molar-refractivity contribution is 6.02. The maximum atomic E-state index is 12.3. The predicted octanol–water partition coefficient (Wildman–Crippen LogP) is 1.46. The van der Waals surface area contributed by atoms with Crippen LogP contribution in [0.3, 0.4) is 0 Å². The number of hydrogen-bond acceptors (Lipinski definition) is 5. The van der Waals surface area contributed by atoms with Gasteiger partial charge in [0.05, 0.1) is 31.8 Å². The number of aliphatic carboxylic acids is 1. The molecule has 1 aromatic carbocycles. The molecule has 0 aliphatic rings. The standard InChI is InChI=1S/C14H19NO5/c1-8(6-12(16)17)13(18)9-4-5-11(19-2)10(7-15)14(9)20-3/h4-5,8H,6-7,15H2,1-3H3,(H,16,17). The van der Waals surface area contributed by atoms with E-state index in [0.717, 1.165) is 0 Å². The summed E-state index contributed by atoms with van der Waals surface area (Å²) >= 11 is 0. The zero-order valence-electron chi connectivity index (χ0n) is 11.8. The number of carboxylic acids is 1. The Hall–Kier alpha value is -2.08. The summed E-state index contributed by atoms with van der Waals surface area (Å²) in [5, 5.41) is 8.77. The molecule has 0 aliphatic heterocycles. The normalized spacial score (nSPS) is 11.8. The van der Waals surface area contributed by atoms with Crippen LogP contribution < -0.4 is 15.2 Å². The third-order valence-electron chi connectivity index (χ3n) is 3.04. The molecule has 20 heavy (non-hydrogen) atoms. The zero-order chi connectivity index (χ0) is 15.3. The van der Waals surface area contributed by atoms with Gasteiger partial charge in [-0.2, -0.15) is 0 Å². The van der Waals surface area contributed by atoms with Gasteiger partial charge in [0.15, 0.2) is 5.78 Å². The van der Waals surface area contributed by atoms with Gasteiger partial charge in [0, 0.05) is 12.5 Å². The average molecular weight is 281 g/mol. The van der Waals surface area contributed by atoms with E-state index in [4.69, 9.17) is 20.3 Å². The quantitative estimate of drug-likeness (QED) is 0.734. The highest BCUT2D eigenvalue weighted by atomic mass is 16.5. The Morgan fingerprint density at radius 1 is 1.30 bits per heavy atom. The van der Waals surface area contributed by atoms with Crippen LogP contribution in [0.1, 0.15) is 29.3 Å². The van der Waals surface area contributed by atoms with Crippen LogP contribution in [0.15, 0.2) is 12.1 Å². The van der Waals surface area contributed by atoms with E-state index in [1.54, 1.807) is 19.1 Å². The Labute approximate surface area is 117 Å². The van der Waals surface area contributed by atoms with Crippen molar-refractivity contribution in [1.29, 1.82) is 0 Å². The SMILES string of the molecule is COc1ccc(C(=O)C(C)CC(=O)O)c(OC)c1CN. The fraction of sp³-hybridized carbons (Fsp3) is 0.429. The Kier molecular flexibility index (Phi) is 5.52. The van der Waals surface area contributed by atoms with Crippen LogP contribution in [0.2, 0.25) is 0 Å². The van der Waals surface area contributed by atoms with Gasteiger partial charge in [0.2, 0.25) is 0 Å². The van der Waals surface area contributed by atoms with Crippen molar-refractivity contribution in [2.24, 2.45) is 11.7 Å². The van der Waals surface area contributed by atoms with Crippen LogP contribution in [0.5, 0.6) is 11.5 Å². The molecule has 0 bridgehead atoms. The molecule has 0 amide bonds. The van der Waals surface area contributed by atoms with Gasteiger partial charge in [-0.25, -0.2) is 0 Å². The molecule has 0 aliphatic carbocycles. The topological polar surface area (TPSA) is 98.9 Å². The van der Waals surface area contributed by atoms with Crippen LogP contribution in [0.25, 0.3) is 0 Å². The van der Waals surface area contributed by atoms with Crippen molar-refractivity contribution in [3.05, 3.63) is 23.3 Å². The lowest BCUT2D eigenvalue weighted by Crippen LogP contribution is -2.17. The third-order valence-corrected chi connectivity index (χ3v) is 3.04. The second-order valence-electron chi connectivity index (χ2n) is 4.39. The highest BCUT2D eigenvalue weighted by Gasteiger charge is 2.24. The van der Waals surface area contributed by atoms with Crippen molar-refractivity contribution in [2.75, 3.05) is 14.2 Å². The molecule has 6 nitrogen and oxygen atoms in total. The van der Waals surface area contributed by atoms with E-state index >= 15 is 0 Å². The van der Waals surface area contributed by atoms with Crippen LogP contribution in [0, 0.1) is 5.92 Å². The lowest BCUT2D eigenvalue weighted by atomic mass is 9.94. The Bertz CT molecular complexity index is 513. The van der Waals surface area contributed by atoms with Crippen molar-refractivity contribution in [2.45, 2.75) is 19.9 Å². The molecule has 110 valence electrons. The number of ether oxygens (including phenoxy) is 2. The molecule has 6 heteroatoms. The predicted molar refractivity (Wildman–Crippen MR) is 73.2 cm³/mol.